The summed E-state index contributed by atoms with van der Waals surface area (Å²) < 4.78 is 1.44. The number of hydrogen-bond donors (Lipinski definition) is 0. The molecule has 0 spiro atoms. The lowest BCUT2D eigenvalue weighted by Crippen LogP contribution is -2.17. The third kappa shape index (κ3) is 1.83. The van der Waals surface area contributed by atoms with Gasteiger partial charge in [-0.15, -0.1) is 11.3 Å². The molecule has 1 heterocycles. The van der Waals surface area contributed by atoms with Gasteiger partial charge in [-0.1, -0.05) is 60.7 Å². The van der Waals surface area contributed by atoms with E-state index in [0.717, 1.165) is 6.42 Å². The largest absolute Gasteiger partial charge is 0.143 e. The minimum absolute atomic E-state index is 1.04. The van der Waals surface area contributed by atoms with E-state index in [1.807, 2.05) is 11.3 Å². The highest BCUT2D eigenvalue weighted by molar-refractivity contribution is 7.07. The second kappa shape index (κ2) is 4.77. The van der Waals surface area contributed by atoms with Gasteiger partial charge in [-0.3, -0.25) is 0 Å². The van der Waals surface area contributed by atoms with Crippen molar-refractivity contribution >= 4 is 22.5 Å². The van der Waals surface area contributed by atoms with Gasteiger partial charge in [0.1, 0.15) is 0 Å². The van der Waals surface area contributed by atoms with Crippen molar-refractivity contribution < 1.29 is 0 Å². The predicted molar refractivity (Wildman–Crippen MR) is 86.1 cm³/mol. The summed E-state index contributed by atoms with van der Waals surface area (Å²) in [6.45, 7) is 0. The third-order valence-electron chi connectivity index (χ3n) is 3.86. The second-order valence-electron chi connectivity index (χ2n) is 5.03. The Labute approximate surface area is 122 Å². The van der Waals surface area contributed by atoms with Crippen LogP contribution in [0, 0.1) is 0 Å². The number of hydrogen-bond acceptors (Lipinski definition) is 1. The molecule has 0 amide bonds. The van der Waals surface area contributed by atoms with Gasteiger partial charge >= 0.3 is 0 Å². The maximum Gasteiger partial charge on any atom is 0.0387 e. The lowest BCUT2D eigenvalue weighted by molar-refractivity contribution is 1.40. The fourth-order valence-electron chi connectivity index (χ4n) is 2.90. The van der Waals surface area contributed by atoms with Crippen LogP contribution in [0.5, 0.6) is 0 Å². The van der Waals surface area contributed by atoms with Crippen molar-refractivity contribution in [3.8, 4) is 0 Å². The van der Waals surface area contributed by atoms with Crippen LogP contribution in [-0.2, 0) is 0 Å². The summed E-state index contributed by atoms with van der Waals surface area (Å²) in [5.74, 6) is 0. The van der Waals surface area contributed by atoms with Crippen LogP contribution in [0.3, 0.4) is 0 Å². The van der Waals surface area contributed by atoms with Crippen molar-refractivity contribution in [2.75, 3.05) is 0 Å². The van der Waals surface area contributed by atoms with Gasteiger partial charge in [0.15, 0.2) is 0 Å². The minimum atomic E-state index is 1.04. The topological polar surface area (TPSA) is 0 Å². The average Bonchev–Trinajstić information content (AvgIpc) is 3.11. The van der Waals surface area contributed by atoms with E-state index in [-0.39, 0.29) is 0 Å². The molecular formula is C19H14S. The van der Waals surface area contributed by atoms with Crippen LogP contribution >= 0.6 is 11.3 Å². The maximum atomic E-state index is 2.26. The molecule has 1 aliphatic rings. The van der Waals surface area contributed by atoms with E-state index in [1.54, 1.807) is 0 Å². The summed E-state index contributed by atoms with van der Waals surface area (Å²) >= 11 is 1.86. The monoisotopic (exact) mass is 274 g/mol. The van der Waals surface area contributed by atoms with Crippen LogP contribution in [0.15, 0.2) is 72.1 Å². The SMILES string of the molecule is c1ccc(C2=c3ccsc3=C(c3ccccc3)C2)cc1. The number of fused-ring (bicyclic) bond motifs is 1. The Bertz CT molecular complexity index is 783. The van der Waals surface area contributed by atoms with Crippen molar-refractivity contribution in [2.45, 2.75) is 6.42 Å². The van der Waals surface area contributed by atoms with E-state index >= 15 is 0 Å². The van der Waals surface area contributed by atoms with Crippen LogP contribution in [-0.4, -0.2) is 0 Å². The molecule has 96 valence electrons. The zero-order chi connectivity index (χ0) is 13.4. The third-order valence-corrected chi connectivity index (χ3v) is 4.84. The van der Waals surface area contributed by atoms with Crippen LogP contribution in [0.25, 0.3) is 11.1 Å². The summed E-state index contributed by atoms with van der Waals surface area (Å²) in [7, 11) is 0. The van der Waals surface area contributed by atoms with Crippen LogP contribution in [0.1, 0.15) is 17.5 Å². The normalized spacial score (nSPS) is 13.6. The Morgan fingerprint density at radius 1 is 0.650 bits per heavy atom. The first kappa shape index (κ1) is 11.7. The summed E-state index contributed by atoms with van der Waals surface area (Å²) in [5, 5.41) is 3.62. The van der Waals surface area contributed by atoms with Gasteiger partial charge < -0.3 is 0 Å². The first-order valence-corrected chi connectivity index (χ1v) is 7.72. The quantitative estimate of drug-likeness (QED) is 0.670. The molecule has 3 aromatic rings. The first-order valence-electron chi connectivity index (χ1n) is 6.84. The molecular weight excluding hydrogens is 260 g/mol. The van der Waals surface area contributed by atoms with Crippen molar-refractivity contribution in [3.63, 3.8) is 0 Å². The highest BCUT2D eigenvalue weighted by atomic mass is 32.1. The molecule has 0 fully saturated rings. The molecule has 0 saturated carbocycles. The summed E-state index contributed by atoms with van der Waals surface area (Å²) in [5.41, 5.74) is 5.62. The summed E-state index contributed by atoms with van der Waals surface area (Å²) in [4.78, 5) is 0. The first-order chi connectivity index (χ1) is 9.93. The summed E-state index contributed by atoms with van der Waals surface area (Å²) in [6, 6.07) is 23.8. The lowest BCUT2D eigenvalue weighted by Gasteiger charge is -2.06. The van der Waals surface area contributed by atoms with Gasteiger partial charge in [0, 0.05) is 11.0 Å². The van der Waals surface area contributed by atoms with E-state index < -0.39 is 0 Å². The molecule has 1 aromatic heterocycles. The van der Waals surface area contributed by atoms with Crippen molar-refractivity contribution in [1.82, 2.24) is 0 Å². The highest BCUT2D eigenvalue weighted by Crippen LogP contribution is 2.27. The molecule has 0 bridgehead atoms. The Morgan fingerprint density at radius 2 is 1.25 bits per heavy atom. The molecule has 0 radical (unpaired) electrons. The Kier molecular flexibility index (Phi) is 2.79. The summed E-state index contributed by atoms with van der Waals surface area (Å²) in [6.07, 6.45) is 1.04. The molecule has 0 nitrogen and oxygen atoms in total. The fourth-order valence-corrected chi connectivity index (χ4v) is 3.89. The van der Waals surface area contributed by atoms with Crippen LogP contribution in [0.2, 0.25) is 0 Å². The number of thiophene rings is 1. The lowest BCUT2D eigenvalue weighted by atomic mass is 9.98. The molecule has 0 aliphatic heterocycles. The molecule has 20 heavy (non-hydrogen) atoms. The van der Waals surface area contributed by atoms with E-state index in [4.69, 9.17) is 0 Å². The van der Waals surface area contributed by atoms with Gasteiger partial charge in [0.2, 0.25) is 0 Å². The molecule has 0 N–H and O–H groups in total. The van der Waals surface area contributed by atoms with E-state index in [9.17, 15) is 0 Å². The number of rotatable bonds is 2. The molecule has 1 heteroatoms. The molecule has 4 rings (SSSR count). The van der Waals surface area contributed by atoms with E-state index in [1.165, 1.54) is 32.0 Å². The van der Waals surface area contributed by atoms with Gasteiger partial charge in [0.25, 0.3) is 0 Å². The highest BCUT2D eigenvalue weighted by Gasteiger charge is 2.16. The molecule has 1 aliphatic carbocycles. The van der Waals surface area contributed by atoms with Gasteiger partial charge in [-0.05, 0) is 38.9 Å². The average molecular weight is 274 g/mol. The predicted octanol–water partition coefficient (Wildman–Crippen LogP) is 3.55. The minimum Gasteiger partial charge on any atom is -0.143 e. The Morgan fingerprint density at radius 3 is 1.90 bits per heavy atom. The standard InChI is InChI=1S/C19H14S/c1-3-7-14(8-4-1)17-13-18(15-9-5-2-6-10-15)19-16(17)11-12-20-19/h1-12H,13H2. The van der Waals surface area contributed by atoms with Gasteiger partial charge in [-0.2, -0.15) is 0 Å². The molecule has 0 atom stereocenters. The fraction of sp³-hybridized carbons (Fsp3) is 0.0526. The molecule has 0 saturated heterocycles. The zero-order valence-corrected chi connectivity index (χ0v) is 11.9. The van der Waals surface area contributed by atoms with Gasteiger partial charge in [-0.25, -0.2) is 0 Å². The maximum absolute atomic E-state index is 2.26. The van der Waals surface area contributed by atoms with Gasteiger partial charge in [0.05, 0.1) is 0 Å². The second-order valence-corrected chi connectivity index (χ2v) is 5.95. The van der Waals surface area contributed by atoms with E-state index in [0.29, 0.717) is 0 Å². The van der Waals surface area contributed by atoms with Crippen molar-refractivity contribution in [2.24, 2.45) is 0 Å². The molecule has 2 aromatic carbocycles. The Balaban J connectivity index is 1.96. The number of benzene rings is 2. The Hall–Kier alpha value is -2.12. The van der Waals surface area contributed by atoms with E-state index in [2.05, 4.69) is 72.1 Å². The zero-order valence-electron chi connectivity index (χ0n) is 11.0. The molecule has 0 unspecified atom stereocenters. The van der Waals surface area contributed by atoms with Crippen LogP contribution in [0.4, 0.5) is 0 Å². The van der Waals surface area contributed by atoms with Crippen molar-refractivity contribution in [3.05, 3.63) is 93.0 Å². The smallest absolute Gasteiger partial charge is 0.0387 e. The van der Waals surface area contributed by atoms with Crippen LogP contribution < -0.4 is 9.75 Å². The van der Waals surface area contributed by atoms with Crippen molar-refractivity contribution in [1.29, 1.82) is 0 Å².